The van der Waals surface area contributed by atoms with Crippen molar-refractivity contribution < 1.29 is 0 Å². The summed E-state index contributed by atoms with van der Waals surface area (Å²) in [6.45, 7) is 11.4. The molecule has 2 saturated heterocycles. The van der Waals surface area contributed by atoms with Crippen molar-refractivity contribution in [3.05, 3.63) is 66.0 Å². The standard InChI is InChI=1S/C25H34N2/c1-3-4-7-16-26-19-14-25(15-20-26)13-12-22(21(2)27-17-8-9-18-27)23-10-5-6-11-24(23)25/h5-7,10-12,16H,2-4,8-9,13-15,17-20H2,1H3/b16-7-. The van der Waals surface area contributed by atoms with E-state index in [2.05, 4.69) is 65.9 Å². The fourth-order valence-electron chi connectivity index (χ4n) is 5.09. The maximum Gasteiger partial charge on any atom is 0.0369 e. The number of nitrogens with zero attached hydrogens (tertiary/aromatic N) is 2. The summed E-state index contributed by atoms with van der Waals surface area (Å²) in [6, 6.07) is 9.15. The van der Waals surface area contributed by atoms with E-state index in [1.165, 1.54) is 88.0 Å². The fourth-order valence-corrected chi connectivity index (χ4v) is 5.09. The molecule has 0 aromatic heterocycles. The van der Waals surface area contributed by atoms with Crippen LogP contribution >= 0.6 is 0 Å². The molecule has 0 saturated carbocycles. The summed E-state index contributed by atoms with van der Waals surface area (Å²) in [6.07, 6.45) is 15.9. The molecular formula is C25H34N2. The molecule has 4 rings (SSSR count). The second-order valence-electron chi connectivity index (χ2n) is 8.50. The summed E-state index contributed by atoms with van der Waals surface area (Å²) in [5.74, 6) is 0. The van der Waals surface area contributed by atoms with Gasteiger partial charge in [-0.2, -0.15) is 0 Å². The molecule has 1 aromatic rings. The van der Waals surface area contributed by atoms with Gasteiger partial charge < -0.3 is 9.80 Å². The van der Waals surface area contributed by atoms with E-state index in [9.17, 15) is 0 Å². The summed E-state index contributed by atoms with van der Waals surface area (Å²) < 4.78 is 0. The van der Waals surface area contributed by atoms with Crippen LogP contribution in [-0.2, 0) is 5.41 Å². The van der Waals surface area contributed by atoms with E-state index in [-0.39, 0.29) is 0 Å². The van der Waals surface area contributed by atoms with Crippen molar-refractivity contribution in [1.29, 1.82) is 0 Å². The van der Waals surface area contributed by atoms with Gasteiger partial charge in [0.1, 0.15) is 0 Å². The van der Waals surface area contributed by atoms with Crippen LogP contribution in [0.4, 0.5) is 0 Å². The average molecular weight is 363 g/mol. The lowest BCUT2D eigenvalue weighted by Gasteiger charge is -2.45. The van der Waals surface area contributed by atoms with Gasteiger partial charge in [0, 0.05) is 42.9 Å². The lowest BCUT2D eigenvalue weighted by molar-refractivity contribution is 0.205. The molecule has 0 radical (unpaired) electrons. The van der Waals surface area contributed by atoms with Crippen LogP contribution in [0.15, 0.2) is 54.9 Å². The van der Waals surface area contributed by atoms with Crippen molar-refractivity contribution in [3.63, 3.8) is 0 Å². The first-order chi connectivity index (χ1) is 13.2. The average Bonchev–Trinajstić information content (AvgIpc) is 3.25. The van der Waals surface area contributed by atoms with Crippen LogP contribution in [0.2, 0.25) is 0 Å². The molecule has 2 fully saturated rings. The zero-order valence-electron chi connectivity index (χ0n) is 16.9. The lowest BCUT2D eigenvalue weighted by atomic mass is 9.65. The van der Waals surface area contributed by atoms with Crippen molar-refractivity contribution in [2.24, 2.45) is 0 Å². The van der Waals surface area contributed by atoms with Crippen molar-refractivity contribution in [1.82, 2.24) is 9.80 Å². The third-order valence-electron chi connectivity index (χ3n) is 6.81. The molecule has 1 aliphatic carbocycles. The van der Waals surface area contributed by atoms with E-state index in [0.717, 1.165) is 0 Å². The number of piperidine rings is 1. The predicted octanol–water partition coefficient (Wildman–Crippen LogP) is 5.73. The van der Waals surface area contributed by atoms with Gasteiger partial charge in [0.15, 0.2) is 0 Å². The molecule has 2 aliphatic heterocycles. The Bertz CT molecular complexity index is 728. The van der Waals surface area contributed by atoms with E-state index in [0.29, 0.717) is 5.41 Å². The third kappa shape index (κ3) is 3.59. The quantitative estimate of drug-likeness (QED) is 0.660. The van der Waals surface area contributed by atoms with E-state index in [4.69, 9.17) is 0 Å². The Hall–Kier alpha value is -1.96. The van der Waals surface area contributed by atoms with Crippen LogP contribution in [0.3, 0.4) is 0 Å². The molecule has 1 spiro atoms. The number of unbranched alkanes of at least 4 members (excludes halogenated alkanes) is 1. The highest BCUT2D eigenvalue weighted by atomic mass is 15.1. The van der Waals surface area contributed by atoms with E-state index >= 15 is 0 Å². The maximum atomic E-state index is 4.49. The molecular weight excluding hydrogens is 328 g/mol. The van der Waals surface area contributed by atoms with Gasteiger partial charge in [-0.05, 0) is 55.9 Å². The van der Waals surface area contributed by atoms with Crippen LogP contribution < -0.4 is 0 Å². The highest BCUT2D eigenvalue weighted by Gasteiger charge is 2.39. The molecule has 2 heterocycles. The molecule has 3 aliphatic rings. The molecule has 0 bridgehead atoms. The topological polar surface area (TPSA) is 6.48 Å². The van der Waals surface area contributed by atoms with Gasteiger partial charge in [-0.15, -0.1) is 0 Å². The van der Waals surface area contributed by atoms with E-state index < -0.39 is 0 Å². The van der Waals surface area contributed by atoms with Gasteiger partial charge in [0.05, 0.1) is 0 Å². The number of allylic oxidation sites excluding steroid dienone is 3. The third-order valence-corrected chi connectivity index (χ3v) is 6.81. The Balaban J connectivity index is 1.55. The highest BCUT2D eigenvalue weighted by molar-refractivity contribution is 5.82. The summed E-state index contributed by atoms with van der Waals surface area (Å²) in [7, 11) is 0. The summed E-state index contributed by atoms with van der Waals surface area (Å²) >= 11 is 0. The second-order valence-corrected chi connectivity index (χ2v) is 8.50. The van der Waals surface area contributed by atoms with E-state index in [1.54, 1.807) is 5.56 Å². The number of hydrogen-bond donors (Lipinski definition) is 0. The minimum Gasteiger partial charge on any atom is -0.378 e. The van der Waals surface area contributed by atoms with Gasteiger partial charge in [0.25, 0.3) is 0 Å². The minimum absolute atomic E-state index is 0.320. The number of likely N-dealkylation sites (tertiary alicyclic amines) is 2. The molecule has 0 unspecified atom stereocenters. The Morgan fingerprint density at radius 2 is 1.85 bits per heavy atom. The summed E-state index contributed by atoms with van der Waals surface area (Å²) in [4.78, 5) is 5.01. The normalized spacial score (nSPS) is 21.6. The fraction of sp³-hybridized carbons (Fsp3) is 0.520. The Labute approximate surface area is 165 Å². The van der Waals surface area contributed by atoms with Gasteiger partial charge in [-0.1, -0.05) is 56.3 Å². The molecule has 0 N–H and O–H groups in total. The zero-order valence-corrected chi connectivity index (χ0v) is 16.9. The van der Waals surface area contributed by atoms with Gasteiger partial charge in [0.2, 0.25) is 0 Å². The van der Waals surface area contributed by atoms with Crippen LogP contribution in [0.5, 0.6) is 0 Å². The summed E-state index contributed by atoms with van der Waals surface area (Å²) in [5, 5.41) is 0. The predicted molar refractivity (Wildman–Crippen MR) is 116 cm³/mol. The zero-order chi connectivity index (χ0) is 18.7. The molecule has 0 amide bonds. The van der Waals surface area contributed by atoms with Crippen molar-refractivity contribution in [3.8, 4) is 0 Å². The maximum absolute atomic E-state index is 4.49. The monoisotopic (exact) mass is 362 g/mol. The first-order valence-corrected chi connectivity index (χ1v) is 10.9. The number of rotatable bonds is 5. The Morgan fingerprint density at radius 1 is 1.11 bits per heavy atom. The van der Waals surface area contributed by atoms with Gasteiger partial charge >= 0.3 is 0 Å². The minimum atomic E-state index is 0.320. The molecule has 27 heavy (non-hydrogen) atoms. The molecule has 144 valence electrons. The summed E-state index contributed by atoms with van der Waals surface area (Å²) in [5.41, 5.74) is 5.97. The number of fused-ring (bicyclic) bond motifs is 2. The van der Waals surface area contributed by atoms with Crippen molar-refractivity contribution in [2.75, 3.05) is 26.2 Å². The highest BCUT2D eigenvalue weighted by Crippen LogP contribution is 2.47. The SMILES string of the molecule is C=C(C1=CCC2(CCN(/C=C\CCC)CC2)c2ccccc21)N1CCCC1. The van der Waals surface area contributed by atoms with Crippen LogP contribution in [0.1, 0.15) is 63.0 Å². The van der Waals surface area contributed by atoms with Gasteiger partial charge in [-0.25, -0.2) is 0 Å². The number of benzene rings is 1. The molecule has 2 heteroatoms. The van der Waals surface area contributed by atoms with Crippen molar-refractivity contribution >= 4 is 5.57 Å². The Morgan fingerprint density at radius 3 is 2.59 bits per heavy atom. The molecule has 1 aromatic carbocycles. The lowest BCUT2D eigenvalue weighted by Crippen LogP contribution is -2.42. The van der Waals surface area contributed by atoms with Gasteiger partial charge in [-0.3, -0.25) is 0 Å². The van der Waals surface area contributed by atoms with Crippen LogP contribution in [0, 0.1) is 0 Å². The van der Waals surface area contributed by atoms with Crippen LogP contribution in [0.25, 0.3) is 5.57 Å². The molecule has 2 nitrogen and oxygen atoms in total. The second kappa shape index (κ2) is 7.96. The van der Waals surface area contributed by atoms with E-state index in [1.807, 2.05) is 0 Å². The molecule has 0 atom stereocenters. The first-order valence-electron chi connectivity index (χ1n) is 10.9. The Kier molecular flexibility index (Phi) is 5.43. The van der Waals surface area contributed by atoms with Crippen molar-refractivity contribution in [2.45, 2.75) is 57.3 Å². The van der Waals surface area contributed by atoms with Crippen LogP contribution in [-0.4, -0.2) is 36.0 Å². The smallest absolute Gasteiger partial charge is 0.0369 e. The largest absolute Gasteiger partial charge is 0.378 e. The first kappa shape index (κ1) is 18.4. The number of hydrogen-bond acceptors (Lipinski definition) is 2.